The third-order valence-corrected chi connectivity index (χ3v) is 13.6. The quantitative estimate of drug-likeness (QED) is 0.109. The molecule has 0 amide bonds. The van der Waals surface area contributed by atoms with Crippen LogP contribution in [0, 0.1) is 64.6 Å². The Morgan fingerprint density at radius 3 is 2.00 bits per heavy atom. The van der Waals surface area contributed by atoms with Gasteiger partial charge in [0.05, 0.1) is 0 Å². The first-order valence-corrected chi connectivity index (χ1v) is 20.6. The van der Waals surface area contributed by atoms with Crippen molar-refractivity contribution < 1.29 is 0 Å². The van der Waals surface area contributed by atoms with Crippen molar-refractivity contribution in [1.82, 2.24) is 0 Å². The van der Waals surface area contributed by atoms with E-state index in [-0.39, 0.29) is 0 Å². The average Bonchev–Trinajstić information content (AvgIpc) is 3.34. The highest BCUT2D eigenvalue weighted by Crippen LogP contribution is 2.54. The van der Waals surface area contributed by atoms with Crippen molar-refractivity contribution in [2.24, 2.45) is 64.6 Å². The Morgan fingerprint density at radius 1 is 0.628 bits per heavy atom. The molecule has 0 saturated heterocycles. The second kappa shape index (κ2) is 21.0. The molecule has 0 N–H and O–H groups in total. The van der Waals surface area contributed by atoms with Crippen LogP contribution in [0.25, 0.3) is 0 Å². The molecule has 0 aliphatic heterocycles. The highest BCUT2D eigenvalue weighted by molar-refractivity contribution is 4.94. The monoisotopic (exact) mass is 601 g/mol. The van der Waals surface area contributed by atoms with Crippen molar-refractivity contribution in [1.29, 1.82) is 0 Å². The summed E-state index contributed by atoms with van der Waals surface area (Å²) in [4.78, 5) is 0. The van der Waals surface area contributed by atoms with E-state index in [1.165, 1.54) is 141 Å². The molecule has 0 nitrogen and oxygen atoms in total. The van der Waals surface area contributed by atoms with Gasteiger partial charge in [-0.1, -0.05) is 166 Å². The van der Waals surface area contributed by atoms with Crippen LogP contribution in [-0.2, 0) is 0 Å². The Bertz CT molecular complexity index is 678. The SMILES string of the molecule is CCCCC1(CCC(C)CCC)CCCCC1C(C)C(CCCC(C)CC(C)C1C(C)CCC1CCC)CC(C)CCC. The number of rotatable bonds is 23. The second-order valence-corrected chi connectivity index (χ2v) is 17.4. The topological polar surface area (TPSA) is 0 Å². The smallest absolute Gasteiger partial charge is 0.0266 e. The van der Waals surface area contributed by atoms with E-state index >= 15 is 0 Å². The van der Waals surface area contributed by atoms with Crippen molar-refractivity contribution in [2.75, 3.05) is 0 Å². The summed E-state index contributed by atoms with van der Waals surface area (Å²) in [7, 11) is 0. The maximum Gasteiger partial charge on any atom is -0.0266 e. The molecule has 256 valence electrons. The highest BCUT2D eigenvalue weighted by Gasteiger charge is 2.44. The Labute approximate surface area is 274 Å². The summed E-state index contributed by atoms with van der Waals surface area (Å²) in [6, 6.07) is 0. The molecule has 0 heterocycles. The van der Waals surface area contributed by atoms with Crippen LogP contribution in [0.5, 0.6) is 0 Å². The number of hydrogen-bond donors (Lipinski definition) is 0. The van der Waals surface area contributed by atoms with Crippen molar-refractivity contribution in [3.63, 3.8) is 0 Å². The molecule has 2 fully saturated rings. The molecule has 2 saturated carbocycles. The van der Waals surface area contributed by atoms with Crippen LogP contribution in [0.2, 0.25) is 0 Å². The first-order valence-electron chi connectivity index (χ1n) is 20.6. The van der Waals surface area contributed by atoms with Crippen LogP contribution in [0.4, 0.5) is 0 Å². The molecule has 11 unspecified atom stereocenters. The van der Waals surface area contributed by atoms with Gasteiger partial charge in [0.15, 0.2) is 0 Å². The third kappa shape index (κ3) is 12.6. The van der Waals surface area contributed by atoms with Gasteiger partial charge in [0, 0.05) is 0 Å². The summed E-state index contributed by atoms with van der Waals surface area (Å²) in [5.74, 6) is 9.40. The minimum Gasteiger partial charge on any atom is -0.0654 e. The predicted molar refractivity (Wildman–Crippen MR) is 196 cm³/mol. The molecular formula is C43H84. The van der Waals surface area contributed by atoms with E-state index in [2.05, 4.69) is 69.2 Å². The number of hydrogen-bond acceptors (Lipinski definition) is 0. The fraction of sp³-hybridized carbons (Fsp3) is 1.00. The maximum atomic E-state index is 2.76. The zero-order chi connectivity index (χ0) is 31.8. The minimum absolute atomic E-state index is 0.637. The Morgan fingerprint density at radius 2 is 1.33 bits per heavy atom. The summed E-state index contributed by atoms with van der Waals surface area (Å²) in [5, 5.41) is 0. The van der Waals surface area contributed by atoms with Gasteiger partial charge in [0.2, 0.25) is 0 Å². The predicted octanol–water partition coefficient (Wildman–Crippen LogP) is 14.9. The van der Waals surface area contributed by atoms with E-state index in [0.717, 1.165) is 59.2 Å². The van der Waals surface area contributed by atoms with Gasteiger partial charge in [0.1, 0.15) is 0 Å². The largest absolute Gasteiger partial charge is 0.0654 e. The summed E-state index contributed by atoms with van der Waals surface area (Å²) >= 11 is 0. The molecule has 0 aromatic heterocycles. The van der Waals surface area contributed by atoms with Crippen molar-refractivity contribution in [3.8, 4) is 0 Å². The van der Waals surface area contributed by atoms with Gasteiger partial charge in [-0.3, -0.25) is 0 Å². The van der Waals surface area contributed by atoms with Crippen LogP contribution in [-0.4, -0.2) is 0 Å². The van der Waals surface area contributed by atoms with Gasteiger partial charge in [-0.2, -0.15) is 0 Å². The van der Waals surface area contributed by atoms with Crippen molar-refractivity contribution >= 4 is 0 Å². The fourth-order valence-corrected chi connectivity index (χ4v) is 11.3. The molecule has 0 aromatic carbocycles. The summed E-state index contributed by atoms with van der Waals surface area (Å²) in [6.07, 6.45) is 32.2. The van der Waals surface area contributed by atoms with E-state index in [0.29, 0.717) is 5.41 Å². The molecule has 0 radical (unpaired) electrons. The summed E-state index contributed by atoms with van der Waals surface area (Å²) in [5.41, 5.74) is 0.637. The maximum absolute atomic E-state index is 2.76. The molecule has 2 rings (SSSR count). The van der Waals surface area contributed by atoms with Gasteiger partial charge >= 0.3 is 0 Å². The third-order valence-electron chi connectivity index (χ3n) is 13.6. The molecule has 2 aliphatic carbocycles. The lowest BCUT2D eigenvalue weighted by atomic mass is 9.55. The van der Waals surface area contributed by atoms with Crippen LogP contribution < -0.4 is 0 Å². The van der Waals surface area contributed by atoms with E-state index in [1.807, 2.05) is 0 Å². The molecule has 2 aliphatic rings. The average molecular weight is 601 g/mol. The van der Waals surface area contributed by atoms with Gasteiger partial charge in [-0.25, -0.2) is 0 Å². The molecule has 11 atom stereocenters. The van der Waals surface area contributed by atoms with E-state index in [1.54, 1.807) is 0 Å². The first-order chi connectivity index (χ1) is 20.6. The minimum atomic E-state index is 0.637. The van der Waals surface area contributed by atoms with Crippen LogP contribution in [0.3, 0.4) is 0 Å². The standard InChI is InChI=1S/C43H84/c1-11-15-28-43(30-27-33(5)19-12-2)29-17-16-24-41(43)38(10)40(32-34(6)20-13-3)23-18-22-35(7)31-37(9)42-36(8)25-26-39(42)21-14-4/h33-42H,11-32H2,1-10H3. The van der Waals surface area contributed by atoms with Crippen LogP contribution in [0.1, 0.15) is 210 Å². The van der Waals surface area contributed by atoms with Crippen molar-refractivity contribution in [2.45, 2.75) is 210 Å². The Kier molecular flexibility index (Phi) is 19.1. The van der Waals surface area contributed by atoms with Crippen LogP contribution in [0.15, 0.2) is 0 Å². The molecule has 0 spiro atoms. The molecule has 0 bridgehead atoms. The lowest BCUT2D eigenvalue weighted by Gasteiger charge is -2.50. The first kappa shape index (κ1) is 39.2. The lowest BCUT2D eigenvalue weighted by molar-refractivity contribution is 0.000565. The van der Waals surface area contributed by atoms with E-state index in [9.17, 15) is 0 Å². The van der Waals surface area contributed by atoms with E-state index in [4.69, 9.17) is 0 Å². The van der Waals surface area contributed by atoms with Gasteiger partial charge in [-0.15, -0.1) is 0 Å². The number of unbranched alkanes of at least 4 members (excludes halogenated alkanes) is 1. The second-order valence-electron chi connectivity index (χ2n) is 17.4. The molecular weight excluding hydrogens is 516 g/mol. The normalized spacial score (nSPS) is 30.6. The van der Waals surface area contributed by atoms with Crippen molar-refractivity contribution in [3.05, 3.63) is 0 Å². The Hall–Kier alpha value is 0. The van der Waals surface area contributed by atoms with Gasteiger partial charge in [-0.05, 0) is 110 Å². The molecule has 43 heavy (non-hydrogen) atoms. The summed E-state index contributed by atoms with van der Waals surface area (Å²) in [6.45, 7) is 25.3. The molecule has 0 heteroatoms. The summed E-state index contributed by atoms with van der Waals surface area (Å²) < 4.78 is 0. The van der Waals surface area contributed by atoms with Gasteiger partial charge < -0.3 is 0 Å². The fourth-order valence-electron chi connectivity index (χ4n) is 11.3. The highest BCUT2D eigenvalue weighted by atomic mass is 14.5. The lowest BCUT2D eigenvalue weighted by Crippen LogP contribution is -2.40. The van der Waals surface area contributed by atoms with Crippen LogP contribution >= 0.6 is 0 Å². The zero-order valence-corrected chi connectivity index (χ0v) is 31.8. The Balaban J connectivity index is 2.10. The van der Waals surface area contributed by atoms with E-state index < -0.39 is 0 Å². The van der Waals surface area contributed by atoms with Gasteiger partial charge in [0.25, 0.3) is 0 Å². The molecule has 0 aromatic rings. The zero-order valence-electron chi connectivity index (χ0n) is 31.8.